The van der Waals surface area contributed by atoms with E-state index in [9.17, 15) is 10.4 Å². The Bertz CT molecular complexity index is 672. The van der Waals surface area contributed by atoms with Crippen molar-refractivity contribution in [3.05, 3.63) is 35.4 Å². The van der Waals surface area contributed by atoms with E-state index in [0.717, 1.165) is 36.8 Å². The second-order valence-corrected chi connectivity index (χ2v) is 12.4. The van der Waals surface area contributed by atoms with E-state index in [1.165, 1.54) is 10.1 Å². The standard InChI is InChI=1S/C26H44N2O4/c1-23(2)13-21(14-24(3,4)27(23)29)31-17-19-9-11-20(12-10-19)18-32-22-15-25(5,6)28(30)26(7,8)16-22/h9-12,21-22,29-30H,13-18H2,1-8H3. The predicted molar refractivity (Wildman–Crippen MR) is 126 cm³/mol. The Balaban J connectivity index is 1.51. The molecule has 0 bridgehead atoms. The second kappa shape index (κ2) is 8.97. The van der Waals surface area contributed by atoms with Crippen molar-refractivity contribution in [3.8, 4) is 0 Å². The van der Waals surface area contributed by atoms with Gasteiger partial charge in [0.25, 0.3) is 0 Å². The molecule has 0 saturated carbocycles. The van der Waals surface area contributed by atoms with Gasteiger partial charge in [-0.25, -0.2) is 0 Å². The molecule has 2 heterocycles. The zero-order valence-electron chi connectivity index (χ0n) is 21.3. The fraction of sp³-hybridized carbons (Fsp3) is 0.769. The molecule has 2 aliphatic rings. The van der Waals surface area contributed by atoms with Crippen molar-refractivity contribution in [2.45, 2.75) is 129 Å². The number of rotatable bonds is 6. The normalized spacial score (nSPS) is 26.3. The Labute approximate surface area is 194 Å². The molecular weight excluding hydrogens is 404 g/mol. The first kappa shape index (κ1) is 25.6. The average molecular weight is 449 g/mol. The molecule has 2 fully saturated rings. The Morgan fingerprint density at radius 1 is 0.625 bits per heavy atom. The van der Waals surface area contributed by atoms with Crippen LogP contribution in [-0.2, 0) is 22.7 Å². The largest absolute Gasteiger partial charge is 0.373 e. The van der Waals surface area contributed by atoms with Gasteiger partial charge in [0.15, 0.2) is 0 Å². The predicted octanol–water partition coefficient (Wildman–Crippen LogP) is 5.54. The molecule has 182 valence electrons. The molecular formula is C26H44N2O4. The van der Waals surface area contributed by atoms with Crippen LogP contribution < -0.4 is 0 Å². The van der Waals surface area contributed by atoms with E-state index in [1.807, 2.05) is 0 Å². The Morgan fingerprint density at radius 3 is 1.12 bits per heavy atom. The van der Waals surface area contributed by atoms with Crippen molar-refractivity contribution in [1.82, 2.24) is 10.1 Å². The zero-order chi connectivity index (χ0) is 23.9. The van der Waals surface area contributed by atoms with Gasteiger partial charge in [0.05, 0.1) is 25.4 Å². The van der Waals surface area contributed by atoms with Gasteiger partial charge in [-0.2, -0.15) is 10.1 Å². The first-order valence-corrected chi connectivity index (χ1v) is 11.9. The monoisotopic (exact) mass is 448 g/mol. The molecule has 6 nitrogen and oxygen atoms in total. The quantitative estimate of drug-likeness (QED) is 0.595. The summed E-state index contributed by atoms with van der Waals surface area (Å²) in [6.45, 7) is 17.6. The van der Waals surface area contributed by atoms with Gasteiger partial charge in [0, 0.05) is 22.2 Å². The third-order valence-corrected chi connectivity index (χ3v) is 7.20. The summed E-state index contributed by atoms with van der Waals surface area (Å²) in [6, 6.07) is 8.45. The van der Waals surface area contributed by atoms with Crippen LogP contribution in [0.25, 0.3) is 0 Å². The molecule has 0 aliphatic carbocycles. The smallest absolute Gasteiger partial charge is 0.0720 e. The van der Waals surface area contributed by atoms with Crippen molar-refractivity contribution in [2.75, 3.05) is 0 Å². The zero-order valence-corrected chi connectivity index (χ0v) is 21.3. The van der Waals surface area contributed by atoms with Gasteiger partial charge in [0.1, 0.15) is 0 Å². The molecule has 0 unspecified atom stereocenters. The van der Waals surface area contributed by atoms with Gasteiger partial charge in [-0.05, 0) is 92.2 Å². The summed E-state index contributed by atoms with van der Waals surface area (Å²) in [5.74, 6) is 0. The lowest BCUT2D eigenvalue weighted by Gasteiger charge is -2.51. The number of benzene rings is 1. The molecule has 0 amide bonds. The summed E-state index contributed by atoms with van der Waals surface area (Å²) < 4.78 is 12.5. The number of ether oxygens (including phenoxy) is 2. The molecule has 0 aromatic heterocycles. The van der Waals surface area contributed by atoms with Crippen LogP contribution in [0.1, 0.15) is 92.2 Å². The van der Waals surface area contributed by atoms with E-state index in [0.29, 0.717) is 13.2 Å². The van der Waals surface area contributed by atoms with Gasteiger partial charge < -0.3 is 19.9 Å². The van der Waals surface area contributed by atoms with Gasteiger partial charge >= 0.3 is 0 Å². The summed E-state index contributed by atoms with van der Waals surface area (Å²) >= 11 is 0. The van der Waals surface area contributed by atoms with Crippen molar-refractivity contribution in [1.29, 1.82) is 0 Å². The SMILES string of the molecule is CC1(C)CC(OCc2ccc(COC3CC(C)(C)N(O)C(C)(C)C3)cc2)CC(C)(C)N1O. The fourth-order valence-corrected chi connectivity index (χ4v) is 5.75. The highest BCUT2D eigenvalue weighted by atomic mass is 16.5. The van der Waals surface area contributed by atoms with E-state index in [2.05, 4.69) is 79.7 Å². The lowest BCUT2D eigenvalue weighted by Crippen LogP contribution is -2.60. The molecule has 6 heteroatoms. The van der Waals surface area contributed by atoms with Crippen LogP contribution in [0.2, 0.25) is 0 Å². The minimum Gasteiger partial charge on any atom is -0.373 e. The van der Waals surface area contributed by atoms with Crippen molar-refractivity contribution in [2.24, 2.45) is 0 Å². The topological polar surface area (TPSA) is 65.4 Å². The van der Waals surface area contributed by atoms with E-state index in [4.69, 9.17) is 9.47 Å². The maximum absolute atomic E-state index is 10.5. The highest BCUT2D eigenvalue weighted by molar-refractivity contribution is 5.21. The molecule has 1 aromatic rings. The maximum Gasteiger partial charge on any atom is 0.0720 e. The molecule has 2 aliphatic heterocycles. The molecule has 32 heavy (non-hydrogen) atoms. The first-order valence-electron chi connectivity index (χ1n) is 11.9. The third kappa shape index (κ3) is 5.72. The minimum atomic E-state index is -0.303. The van der Waals surface area contributed by atoms with Crippen LogP contribution in [0.15, 0.2) is 24.3 Å². The van der Waals surface area contributed by atoms with Crippen LogP contribution in [0.3, 0.4) is 0 Å². The molecule has 3 rings (SSSR count). The highest BCUT2D eigenvalue weighted by Gasteiger charge is 2.46. The van der Waals surface area contributed by atoms with Gasteiger partial charge in [-0.15, -0.1) is 0 Å². The lowest BCUT2D eigenvalue weighted by molar-refractivity contribution is -0.262. The van der Waals surface area contributed by atoms with Crippen LogP contribution in [0.4, 0.5) is 0 Å². The Morgan fingerprint density at radius 2 is 0.875 bits per heavy atom. The number of hydroxylamine groups is 4. The minimum absolute atomic E-state index is 0.121. The van der Waals surface area contributed by atoms with Crippen molar-refractivity contribution in [3.63, 3.8) is 0 Å². The van der Waals surface area contributed by atoms with Gasteiger partial charge in [-0.1, -0.05) is 24.3 Å². The van der Waals surface area contributed by atoms with Crippen molar-refractivity contribution >= 4 is 0 Å². The fourth-order valence-electron chi connectivity index (χ4n) is 5.75. The van der Waals surface area contributed by atoms with Gasteiger partial charge in [0.2, 0.25) is 0 Å². The van der Waals surface area contributed by atoms with E-state index in [-0.39, 0.29) is 34.4 Å². The third-order valence-electron chi connectivity index (χ3n) is 7.20. The summed E-state index contributed by atoms with van der Waals surface area (Å²) in [5, 5.41) is 23.9. The molecule has 0 atom stereocenters. The van der Waals surface area contributed by atoms with Crippen LogP contribution in [0, 0.1) is 0 Å². The molecule has 0 spiro atoms. The average Bonchev–Trinajstić information content (AvgIpc) is 2.67. The molecule has 2 saturated heterocycles. The van der Waals surface area contributed by atoms with E-state index < -0.39 is 0 Å². The number of hydrogen-bond donors (Lipinski definition) is 2. The molecule has 2 N–H and O–H groups in total. The Kier molecular flexibility index (Phi) is 7.18. The number of nitrogens with zero attached hydrogens (tertiary/aromatic N) is 2. The molecule has 1 aromatic carbocycles. The maximum atomic E-state index is 10.5. The number of hydrogen-bond acceptors (Lipinski definition) is 6. The van der Waals surface area contributed by atoms with E-state index in [1.54, 1.807) is 0 Å². The van der Waals surface area contributed by atoms with Crippen LogP contribution in [-0.4, -0.2) is 54.9 Å². The lowest BCUT2D eigenvalue weighted by atomic mass is 9.80. The summed E-state index contributed by atoms with van der Waals surface area (Å²) in [7, 11) is 0. The molecule has 0 radical (unpaired) electrons. The summed E-state index contributed by atoms with van der Waals surface area (Å²) in [4.78, 5) is 0. The van der Waals surface area contributed by atoms with Crippen LogP contribution >= 0.6 is 0 Å². The van der Waals surface area contributed by atoms with Crippen LogP contribution in [0.5, 0.6) is 0 Å². The number of piperidine rings is 2. The second-order valence-electron chi connectivity index (χ2n) is 12.4. The Hall–Kier alpha value is -1.02. The highest BCUT2D eigenvalue weighted by Crippen LogP contribution is 2.39. The summed E-state index contributed by atoms with van der Waals surface area (Å²) in [5.41, 5.74) is 1.08. The first-order chi connectivity index (χ1) is 14.6. The summed E-state index contributed by atoms with van der Waals surface area (Å²) in [6.07, 6.45) is 3.46. The van der Waals surface area contributed by atoms with Crippen molar-refractivity contribution < 1.29 is 19.9 Å². The van der Waals surface area contributed by atoms with Gasteiger partial charge in [-0.3, -0.25) is 0 Å². The van der Waals surface area contributed by atoms with E-state index >= 15 is 0 Å².